The van der Waals surface area contributed by atoms with Crippen LogP contribution in [-0.2, 0) is 0 Å². The monoisotopic (exact) mass is 381 g/mol. The number of aliphatic hydroxyl groups excluding tert-OH is 1. The van der Waals surface area contributed by atoms with Crippen molar-refractivity contribution in [3.05, 3.63) is 69.6 Å². The third-order valence-electron chi connectivity index (χ3n) is 4.95. The molecule has 4 rings (SSSR count). The van der Waals surface area contributed by atoms with Crippen LogP contribution in [-0.4, -0.2) is 41.3 Å². The first-order chi connectivity index (χ1) is 13.6. The molecule has 1 aliphatic heterocycles. The number of rotatable bonds is 5. The molecule has 1 aliphatic rings. The van der Waals surface area contributed by atoms with E-state index in [4.69, 9.17) is 9.15 Å². The standard InChI is InChI=1S/C21H19NO6/c1-27-16-11-12(7-8-14(16)24)18-17-19(25)13-5-2-3-6-15(13)28-20(17)21(26)22(18)9-4-10-23/h2-3,5-8,11,18,23-24H,4,9-10H2,1H3/t18-/m1/s1. The minimum atomic E-state index is -0.690. The predicted octanol–water partition coefficient (Wildman–Crippen LogP) is 2.43. The Morgan fingerprint density at radius 2 is 1.96 bits per heavy atom. The Kier molecular flexibility index (Phi) is 4.52. The lowest BCUT2D eigenvalue weighted by Gasteiger charge is -2.25. The van der Waals surface area contributed by atoms with Gasteiger partial charge in [-0.1, -0.05) is 18.2 Å². The van der Waals surface area contributed by atoms with Gasteiger partial charge in [0.15, 0.2) is 16.9 Å². The van der Waals surface area contributed by atoms with Crippen molar-refractivity contribution in [1.29, 1.82) is 0 Å². The molecule has 2 heterocycles. The number of aliphatic hydroxyl groups is 1. The van der Waals surface area contributed by atoms with Crippen LogP contribution in [0.25, 0.3) is 11.0 Å². The molecule has 7 heteroatoms. The average molecular weight is 381 g/mol. The Labute approximate surface area is 160 Å². The molecule has 0 fully saturated rings. The van der Waals surface area contributed by atoms with Crippen LogP contribution >= 0.6 is 0 Å². The Morgan fingerprint density at radius 1 is 1.18 bits per heavy atom. The maximum absolute atomic E-state index is 13.2. The lowest BCUT2D eigenvalue weighted by atomic mass is 9.98. The molecule has 2 aromatic carbocycles. The molecule has 1 amide bonds. The van der Waals surface area contributed by atoms with Gasteiger partial charge in [-0.15, -0.1) is 0 Å². The molecule has 1 aromatic heterocycles. The molecule has 0 bridgehead atoms. The van der Waals surface area contributed by atoms with Crippen LogP contribution in [0.15, 0.2) is 51.7 Å². The van der Waals surface area contributed by atoms with Gasteiger partial charge in [-0.05, 0) is 36.2 Å². The predicted molar refractivity (Wildman–Crippen MR) is 102 cm³/mol. The SMILES string of the molecule is COc1cc([C@@H]2c3c(oc4ccccc4c3=O)C(=O)N2CCCO)ccc1O. The van der Waals surface area contributed by atoms with Gasteiger partial charge in [-0.25, -0.2) is 0 Å². The van der Waals surface area contributed by atoms with E-state index in [0.29, 0.717) is 23.0 Å². The molecule has 0 saturated carbocycles. The van der Waals surface area contributed by atoms with Gasteiger partial charge in [0.25, 0.3) is 5.91 Å². The van der Waals surface area contributed by atoms with Gasteiger partial charge in [0.2, 0.25) is 5.76 Å². The minimum absolute atomic E-state index is 0.0127. The molecular formula is C21H19NO6. The molecule has 7 nitrogen and oxygen atoms in total. The third-order valence-corrected chi connectivity index (χ3v) is 4.95. The van der Waals surface area contributed by atoms with Gasteiger partial charge in [-0.2, -0.15) is 0 Å². The number of methoxy groups -OCH3 is 1. The van der Waals surface area contributed by atoms with Gasteiger partial charge in [0.1, 0.15) is 5.58 Å². The van der Waals surface area contributed by atoms with Gasteiger partial charge in [-0.3, -0.25) is 9.59 Å². The van der Waals surface area contributed by atoms with E-state index in [1.807, 2.05) is 0 Å². The fraction of sp³-hybridized carbons (Fsp3) is 0.238. The van der Waals surface area contributed by atoms with E-state index in [2.05, 4.69) is 0 Å². The summed E-state index contributed by atoms with van der Waals surface area (Å²) in [6.07, 6.45) is 0.360. The van der Waals surface area contributed by atoms with Gasteiger partial charge in [0.05, 0.1) is 24.1 Å². The highest BCUT2D eigenvalue weighted by molar-refractivity contribution is 5.99. The second-order valence-corrected chi connectivity index (χ2v) is 6.58. The van der Waals surface area contributed by atoms with Gasteiger partial charge in [0, 0.05) is 13.2 Å². The van der Waals surface area contributed by atoms with Gasteiger partial charge < -0.3 is 24.3 Å². The molecule has 0 radical (unpaired) electrons. The lowest BCUT2D eigenvalue weighted by molar-refractivity contribution is 0.0716. The van der Waals surface area contributed by atoms with E-state index in [9.17, 15) is 19.8 Å². The van der Waals surface area contributed by atoms with Crippen molar-refractivity contribution in [2.45, 2.75) is 12.5 Å². The summed E-state index contributed by atoms with van der Waals surface area (Å²) < 4.78 is 11.0. The summed E-state index contributed by atoms with van der Waals surface area (Å²) in [5, 5.41) is 19.5. The van der Waals surface area contributed by atoms with E-state index in [1.54, 1.807) is 36.4 Å². The molecule has 0 saturated heterocycles. The number of benzene rings is 2. The molecular weight excluding hydrogens is 362 g/mol. The topological polar surface area (TPSA) is 100 Å². The smallest absolute Gasteiger partial charge is 0.290 e. The normalized spacial score (nSPS) is 15.9. The number of carbonyl (C=O) groups is 1. The number of hydrogen-bond acceptors (Lipinski definition) is 6. The number of nitrogens with zero attached hydrogens (tertiary/aromatic N) is 1. The third kappa shape index (κ3) is 2.71. The number of aromatic hydroxyl groups is 1. The minimum Gasteiger partial charge on any atom is -0.504 e. The highest BCUT2D eigenvalue weighted by atomic mass is 16.5. The summed E-state index contributed by atoms with van der Waals surface area (Å²) in [7, 11) is 1.43. The van der Waals surface area contributed by atoms with Crippen LogP contribution < -0.4 is 10.2 Å². The molecule has 0 spiro atoms. The number of amides is 1. The Hall–Kier alpha value is -3.32. The largest absolute Gasteiger partial charge is 0.504 e. The highest BCUT2D eigenvalue weighted by Crippen LogP contribution is 2.40. The van der Waals surface area contributed by atoms with Crippen LogP contribution in [0, 0.1) is 0 Å². The lowest BCUT2D eigenvalue weighted by Crippen LogP contribution is -2.31. The zero-order valence-corrected chi connectivity index (χ0v) is 15.2. The van der Waals surface area contributed by atoms with Crippen molar-refractivity contribution < 1.29 is 24.2 Å². The zero-order chi connectivity index (χ0) is 19.8. The molecule has 144 valence electrons. The molecule has 2 N–H and O–H groups in total. The van der Waals surface area contributed by atoms with E-state index in [0.717, 1.165) is 0 Å². The number of para-hydroxylation sites is 1. The Balaban J connectivity index is 1.96. The van der Waals surface area contributed by atoms with Crippen LogP contribution in [0.1, 0.15) is 34.1 Å². The Morgan fingerprint density at radius 3 is 2.71 bits per heavy atom. The van der Waals surface area contributed by atoms with Crippen molar-refractivity contribution in [1.82, 2.24) is 4.90 Å². The number of ether oxygens (including phenoxy) is 1. The van der Waals surface area contributed by atoms with E-state index < -0.39 is 11.9 Å². The molecule has 28 heavy (non-hydrogen) atoms. The first-order valence-electron chi connectivity index (χ1n) is 8.91. The van der Waals surface area contributed by atoms with Gasteiger partial charge >= 0.3 is 0 Å². The van der Waals surface area contributed by atoms with Crippen LogP contribution in [0.5, 0.6) is 11.5 Å². The fourth-order valence-corrected chi connectivity index (χ4v) is 3.65. The first-order valence-corrected chi connectivity index (χ1v) is 8.91. The number of hydrogen-bond donors (Lipinski definition) is 2. The highest BCUT2D eigenvalue weighted by Gasteiger charge is 2.42. The maximum Gasteiger partial charge on any atom is 0.290 e. The second-order valence-electron chi connectivity index (χ2n) is 6.58. The second kappa shape index (κ2) is 7.01. The number of phenolic OH excluding ortho intramolecular Hbond substituents is 1. The van der Waals surface area contributed by atoms with Crippen LogP contribution in [0.2, 0.25) is 0 Å². The van der Waals surface area contributed by atoms with Crippen molar-refractivity contribution in [3.63, 3.8) is 0 Å². The summed E-state index contributed by atoms with van der Waals surface area (Å²) in [5.41, 5.74) is 0.955. The first kappa shape index (κ1) is 18.1. The maximum atomic E-state index is 13.2. The molecule has 0 aliphatic carbocycles. The Bertz CT molecular complexity index is 1120. The van der Waals surface area contributed by atoms with E-state index in [-0.39, 0.29) is 41.4 Å². The molecule has 0 unspecified atom stereocenters. The number of carbonyl (C=O) groups excluding carboxylic acids is 1. The number of phenols is 1. The summed E-state index contributed by atoms with van der Waals surface area (Å²) in [6, 6.07) is 10.8. The van der Waals surface area contributed by atoms with Crippen molar-refractivity contribution >= 4 is 16.9 Å². The summed E-state index contributed by atoms with van der Waals surface area (Å²) in [6.45, 7) is 0.165. The number of fused-ring (bicyclic) bond motifs is 2. The van der Waals surface area contributed by atoms with Crippen molar-refractivity contribution in [3.8, 4) is 11.5 Å². The average Bonchev–Trinajstić information content (AvgIpc) is 2.99. The summed E-state index contributed by atoms with van der Waals surface area (Å²) >= 11 is 0. The van der Waals surface area contributed by atoms with Crippen LogP contribution in [0.3, 0.4) is 0 Å². The summed E-state index contributed by atoms with van der Waals surface area (Å²) in [5.74, 6) is -0.184. The zero-order valence-electron chi connectivity index (χ0n) is 15.2. The quantitative estimate of drug-likeness (QED) is 0.704. The summed E-state index contributed by atoms with van der Waals surface area (Å²) in [4.78, 5) is 27.8. The fourth-order valence-electron chi connectivity index (χ4n) is 3.65. The van der Waals surface area contributed by atoms with E-state index in [1.165, 1.54) is 18.1 Å². The van der Waals surface area contributed by atoms with Crippen molar-refractivity contribution in [2.24, 2.45) is 0 Å². The molecule has 1 atom stereocenters. The molecule has 3 aromatic rings. The van der Waals surface area contributed by atoms with E-state index >= 15 is 0 Å². The van der Waals surface area contributed by atoms with Crippen molar-refractivity contribution in [2.75, 3.05) is 20.3 Å². The van der Waals surface area contributed by atoms with Crippen LogP contribution in [0.4, 0.5) is 0 Å².